The van der Waals surface area contributed by atoms with E-state index in [1.165, 1.54) is 22.9 Å². The number of rotatable bonds is 6. The second-order valence-corrected chi connectivity index (χ2v) is 17.7. The summed E-state index contributed by atoms with van der Waals surface area (Å²) in [4.78, 5) is 13.2. The highest BCUT2D eigenvalue weighted by Crippen LogP contribution is 2.56. The Morgan fingerprint density at radius 3 is 2.59 bits per heavy atom. The lowest BCUT2D eigenvalue weighted by Gasteiger charge is -2.22. The molecule has 2 aliphatic carbocycles. The lowest BCUT2D eigenvalue weighted by molar-refractivity contribution is 0.0299. The topological polar surface area (TPSA) is 124 Å². The molecule has 4 N–H and O–H groups in total. The largest absolute Gasteiger partial charge is 0.383 e. The summed E-state index contributed by atoms with van der Waals surface area (Å²) >= 11 is 5.87. The molecule has 198 valence electrons. The van der Waals surface area contributed by atoms with Gasteiger partial charge in [0.25, 0.3) is 5.91 Å². The van der Waals surface area contributed by atoms with Crippen molar-refractivity contribution in [1.82, 2.24) is 24.8 Å². The molecule has 2 aromatic heterocycles. The van der Waals surface area contributed by atoms with E-state index >= 15 is 0 Å². The molecular formula is C25H33ClFN7O2Si. The van der Waals surface area contributed by atoms with E-state index in [0.29, 0.717) is 35.5 Å². The van der Waals surface area contributed by atoms with Crippen molar-refractivity contribution in [1.29, 1.82) is 0 Å². The molecule has 0 bridgehead atoms. The summed E-state index contributed by atoms with van der Waals surface area (Å²) in [5, 5.41) is 27.4. The van der Waals surface area contributed by atoms with E-state index in [2.05, 4.69) is 40.4 Å². The predicted molar refractivity (Wildman–Crippen MR) is 142 cm³/mol. The SMILES string of the molecule is Cn1nc(C2CC3CC(O)(c4cn(C[Si](C)(C)C)nn4)CC3C2)c(C(=O)Nc2ccc(F)c(Cl)c2)c1N. The van der Waals surface area contributed by atoms with Crippen molar-refractivity contribution in [3.05, 3.63) is 52.2 Å². The number of nitrogens with two attached hydrogens (primary N) is 1. The number of aromatic nitrogens is 5. The van der Waals surface area contributed by atoms with E-state index in [9.17, 15) is 14.3 Å². The van der Waals surface area contributed by atoms with Crippen LogP contribution in [-0.2, 0) is 18.8 Å². The lowest BCUT2D eigenvalue weighted by Crippen LogP contribution is -2.28. The van der Waals surface area contributed by atoms with Crippen molar-refractivity contribution in [3.63, 3.8) is 0 Å². The van der Waals surface area contributed by atoms with Crippen LogP contribution in [0.3, 0.4) is 0 Å². The molecule has 1 aromatic carbocycles. The molecular weight excluding hydrogens is 513 g/mol. The average molecular weight is 546 g/mol. The third-order valence-electron chi connectivity index (χ3n) is 7.60. The molecule has 0 spiro atoms. The van der Waals surface area contributed by atoms with Gasteiger partial charge in [0.1, 0.15) is 28.5 Å². The Balaban J connectivity index is 1.31. The molecule has 2 atom stereocenters. The van der Waals surface area contributed by atoms with Crippen molar-refractivity contribution >= 4 is 37.1 Å². The Morgan fingerprint density at radius 1 is 1.30 bits per heavy atom. The normalized spacial score (nSPS) is 25.4. The molecule has 5 rings (SSSR count). The Morgan fingerprint density at radius 2 is 1.97 bits per heavy atom. The van der Waals surface area contributed by atoms with Crippen LogP contribution >= 0.6 is 11.6 Å². The van der Waals surface area contributed by atoms with Gasteiger partial charge in [-0.25, -0.2) is 4.39 Å². The summed E-state index contributed by atoms with van der Waals surface area (Å²) in [6.07, 6.45) is 5.58. The molecule has 0 aliphatic heterocycles. The van der Waals surface area contributed by atoms with Crippen LogP contribution in [0, 0.1) is 17.7 Å². The molecule has 9 nitrogen and oxygen atoms in total. The number of amides is 1. The summed E-state index contributed by atoms with van der Waals surface area (Å²) in [5.74, 6) is -0.0796. The van der Waals surface area contributed by atoms with Crippen LogP contribution < -0.4 is 11.1 Å². The zero-order chi connectivity index (χ0) is 26.7. The minimum Gasteiger partial charge on any atom is -0.383 e. The number of hydrogen-bond donors (Lipinski definition) is 3. The van der Waals surface area contributed by atoms with Crippen LogP contribution in [0.1, 0.15) is 53.3 Å². The van der Waals surface area contributed by atoms with E-state index in [4.69, 9.17) is 17.3 Å². The average Bonchev–Trinajstić information content (AvgIpc) is 3.53. The van der Waals surface area contributed by atoms with E-state index in [0.717, 1.165) is 19.0 Å². The first kappa shape index (κ1) is 25.9. The Labute approximate surface area is 221 Å². The minimum absolute atomic E-state index is 0.0446. The molecule has 2 saturated carbocycles. The van der Waals surface area contributed by atoms with Crippen LogP contribution in [0.4, 0.5) is 15.9 Å². The number of aryl methyl sites for hydroxylation is 1. The standard InChI is InChI=1S/C25H33ClFN7O2Si/c1-33-23(28)21(24(35)29-17-5-6-19(27)18(26)9-17)22(31-33)14-7-15-10-25(36,11-16(15)8-14)20-12-34(32-30-20)13-37(2,3)4/h5-6,9,12,14-16,36H,7-8,10-11,13,28H2,1-4H3,(H,29,35). The fourth-order valence-corrected chi connectivity index (χ4v) is 7.32. The molecule has 3 aromatic rings. The van der Waals surface area contributed by atoms with Crippen LogP contribution in [0.2, 0.25) is 24.7 Å². The number of anilines is 2. The highest BCUT2D eigenvalue weighted by molar-refractivity contribution is 6.74. The number of fused-ring (bicyclic) bond motifs is 1. The first-order chi connectivity index (χ1) is 17.3. The summed E-state index contributed by atoms with van der Waals surface area (Å²) in [6, 6.07) is 4.02. The van der Waals surface area contributed by atoms with Gasteiger partial charge < -0.3 is 16.2 Å². The molecule has 2 unspecified atom stereocenters. The quantitative estimate of drug-likeness (QED) is 0.397. The van der Waals surface area contributed by atoms with Crippen molar-refractivity contribution < 1.29 is 14.3 Å². The second kappa shape index (κ2) is 9.21. The van der Waals surface area contributed by atoms with Crippen LogP contribution in [0.5, 0.6) is 0 Å². The number of nitrogen functional groups attached to an aromatic ring is 1. The zero-order valence-corrected chi connectivity index (χ0v) is 23.3. The molecule has 1 amide bonds. The van der Waals surface area contributed by atoms with Crippen molar-refractivity contribution in [2.45, 2.75) is 63.0 Å². The number of nitrogens with zero attached hydrogens (tertiary/aromatic N) is 5. The van der Waals surface area contributed by atoms with Crippen LogP contribution in [0.15, 0.2) is 24.4 Å². The summed E-state index contributed by atoms with van der Waals surface area (Å²) in [7, 11) is 0.349. The van der Waals surface area contributed by atoms with Crippen molar-refractivity contribution in [2.24, 2.45) is 18.9 Å². The molecule has 37 heavy (non-hydrogen) atoms. The fourth-order valence-electron chi connectivity index (χ4n) is 6.01. The zero-order valence-electron chi connectivity index (χ0n) is 21.5. The molecule has 2 aliphatic rings. The van der Waals surface area contributed by atoms with Crippen LogP contribution in [-0.4, -0.2) is 43.9 Å². The minimum atomic E-state index is -1.36. The highest BCUT2D eigenvalue weighted by Gasteiger charge is 2.52. The molecule has 12 heteroatoms. The van der Waals surface area contributed by atoms with Gasteiger partial charge in [0.2, 0.25) is 0 Å². The Bertz CT molecular complexity index is 1340. The third-order valence-corrected chi connectivity index (χ3v) is 9.16. The van der Waals surface area contributed by atoms with Crippen LogP contribution in [0.25, 0.3) is 0 Å². The number of benzene rings is 1. The third kappa shape index (κ3) is 5.04. The number of halogens is 2. The predicted octanol–water partition coefficient (Wildman–Crippen LogP) is 4.31. The summed E-state index contributed by atoms with van der Waals surface area (Å²) in [5.41, 5.74) is 7.29. The van der Waals surface area contributed by atoms with Gasteiger partial charge in [-0.05, 0) is 55.7 Å². The van der Waals surface area contributed by atoms with E-state index in [1.807, 2.05) is 10.9 Å². The van der Waals surface area contributed by atoms with Crippen molar-refractivity contribution in [3.8, 4) is 0 Å². The van der Waals surface area contributed by atoms with Gasteiger partial charge in [0, 0.05) is 24.8 Å². The number of nitrogens with one attached hydrogen (secondary N) is 1. The van der Waals surface area contributed by atoms with Crippen molar-refractivity contribution in [2.75, 3.05) is 11.1 Å². The van der Waals surface area contributed by atoms with Gasteiger partial charge in [0.05, 0.1) is 25.0 Å². The molecule has 2 fully saturated rings. The highest BCUT2D eigenvalue weighted by atomic mass is 35.5. The molecule has 0 radical (unpaired) electrons. The lowest BCUT2D eigenvalue weighted by atomic mass is 9.90. The van der Waals surface area contributed by atoms with E-state index in [-0.39, 0.29) is 28.6 Å². The maximum absolute atomic E-state index is 13.5. The second-order valence-electron chi connectivity index (χ2n) is 11.8. The number of aliphatic hydroxyl groups is 1. The summed E-state index contributed by atoms with van der Waals surface area (Å²) < 4.78 is 16.9. The van der Waals surface area contributed by atoms with Gasteiger partial charge in [-0.15, -0.1) is 5.10 Å². The Kier molecular flexibility index (Phi) is 6.44. The van der Waals surface area contributed by atoms with E-state index < -0.39 is 25.4 Å². The molecule has 0 saturated heterocycles. The molecule has 2 heterocycles. The number of carbonyl (C=O) groups is 1. The summed E-state index contributed by atoms with van der Waals surface area (Å²) in [6.45, 7) is 6.82. The maximum atomic E-state index is 13.5. The maximum Gasteiger partial charge on any atom is 0.261 e. The first-order valence-corrected chi connectivity index (χ1v) is 16.6. The fraction of sp³-hybridized carbons (Fsp3) is 0.520. The Hall–Kier alpha value is -2.76. The van der Waals surface area contributed by atoms with Gasteiger partial charge in [0.15, 0.2) is 0 Å². The smallest absolute Gasteiger partial charge is 0.261 e. The monoisotopic (exact) mass is 545 g/mol. The van der Waals surface area contributed by atoms with Gasteiger partial charge >= 0.3 is 0 Å². The number of hydrogen-bond acceptors (Lipinski definition) is 6. The van der Waals surface area contributed by atoms with Gasteiger partial charge in [-0.1, -0.05) is 36.5 Å². The van der Waals surface area contributed by atoms with Gasteiger partial charge in [-0.3, -0.25) is 14.2 Å². The number of carbonyl (C=O) groups excluding carboxylic acids is 1. The first-order valence-electron chi connectivity index (χ1n) is 12.5. The van der Waals surface area contributed by atoms with E-state index in [1.54, 1.807) is 7.05 Å². The van der Waals surface area contributed by atoms with Gasteiger partial charge in [-0.2, -0.15) is 5.10 Å².